The van der Waals surface area contributed by atoms with E-state index in [1.807, 2.05) is 0 Å². The van der Waals surface area contributed by atoms with Gasteiger partial charge < -0.3 is 5.32 Å². The average molecular weight is 400 g/mol. The first-order valence-corrected chi connectivity index (χ1v) is 11.3. The van der Waals surface area contributed by atoms with E-state index >= 15 is 0 Å². The summed E-state index contributed by atoms with van der Waals surface area (Å²) < 4.78 is 0. The number of benzene rings is 2. The fourth-order valence-electron chi connectivity index (χ4n) is 4.66. The number of hydrogen-bond donors (Lipinski definition) is 2. The Morgan fingerprint density at radius 1 is 0.900 bits per heavy atom. The predicted octanol–water partition coefficient (Wildman–Crippen LogP) is 4.55. The summed E-state index contributed by atoms with van der Waals surface area (Å²) in [5, 5.41) is 10.8. The zero-order chi connectivity index (χ0) is 20.3. The van der Waals surface area contributed by atoms with Crippen LogP contribution >= 0.6 is 0 Å². The lowest BCUT2D eigenvalue weighted by molar-refractivity contribution is 0.338. The highest BCUT2D eigenvalue weighted by Crippen LogP contribution is 2.26. The molecule has 1 heterocycles. The molecule has 2 aromatic carbocycles. The van der Waals surface area contributed by atoms with Gasteiger partial charge in [-0.2, -0.15) is 5.10 Å². The largest absolute Gasteiger partial charge is 0.310 e. The third kappa shape index (κ3) is 4.10. The summed E-state index contributed by atoms with van der Waals surface area (Å²) in [5.74, 6) is 0. The van der Waals surface area contributed by atoms with Crippen LogP contribution < -0.4 is 10.9 Å². The van der Waals surface area contributed by atoms with E-state index in [2.05, 4.69) is 64.0 Å². The summed E-state index contributed by atoms with van der Waals surface area (Å²) in [6.45, 7) is 0.936. The van der Waals surface area contributed by atoms with Crippen LogP contribution in [0.15, 0.2) is 53.3 Å². The van der Waals surface area contributed by atoms with Gasteiger partial charge in [0.05, 0.1) is 5.69 Å². The molecule has 0 unspecified atom stereocenters. The maximum atomic E-state index is 12.1. The molecule has 30 heavy (non-hydrogen) atoms. The molecular formula is C26H29N3O. The van der Waals surface area contributed by atoms with Crippen LogP contribution in [0.3, 0.4) is 0 Å². The summed E-state index contributed by atoms with van der Waals surface area (Å²) in [4.78, 5) is 12.1. The Labute approximate surface area is 177 Å². The third-order valence-corrected chi connectivity index (χ3v) is 6.64. The molecule has 0 amide bonds. The van der Waals surface area contributed by atoms with Crippen molar-refractivity contribution in [1.29, 1.82) is 0 Å². The van der Waals surface area contributed by atoms with Crippen molar-refractivity contribution in [1.82, 2.24) is 15.5 Å². The molecule has 0 bridgehead atoms. The van der Waals surface area contributed by atoms with Crippen LogP contribution in [0.2, 0.25) is 0 Å². The van der Waals surface area contributed by atoms with Crippen molar-refractivity contribution in [3.8, 4) is 11.1 Å². The molecule has 0 atom stereocenters. The molecule has 1 saturated carbocycles. The van der Waals surface area contributed by atoms with Crippen molar-refractivity contribution in [3.63, 3.8) is 0 Å². The van der Waals surface area contributed by atoms with Gasteiger partial charge >= 0.3 is 0 Å². The van der Waals surface area contributed by atoms with Gasteiger partial charge in [0.2, 0.25) is 0 Å². The maximum absolute atomic E-state index is 12.1. The monoisotopic (exact) mass is 399 g/mol. The Morgan fingerprint density at radius 2 is 1.60 bits per heavy atom. The van der Waals surface area contributed by atoms with Crippen molar-refractivity contribution in [2.45, 2.75) is 64.0 Å². The first-order valence-electron chi connectivity index (χ1n) is 11.3. The summed E-state index contributed by atoms with van der Waals surface area (Å²) in [7, 11) is 0. The van der Waals surface area contributed by atoms with Gasteiger partial charge in [0, 0.05) is 24.6 Å². The topological polar surface area (TPSA) is 57.8 Å². The number of aromatic amines is 1. The van der Waals surface area contributed by atoms with Gasteiger partial charge in [0.15, 0.2) is 0 Å². The molecule has 5 rings (SSSR count). The van der Waals surface area contributed by atoms with Gasteiger partial charge in [0.25, 0.3) is 5.56 Å². The lowest BCUT2D eigenvalue weighted by atomic mass is 9.90. The Bertz CT molecular complexity index is 1100. The SMILES string of the molecule is O=c1[nH]nc(Cc2cccc(-c3cccc(CNC4CCC4)c3)c2)c2c1CCCC2. The Balaban J connectivity index is 1.37. The Morgan fingerprint density at radius 3 is 2.33 bits per heavy atom. The second-order valence-electron chi connectivity index (χ2n) is 8.75. The van der Waals surface area contributed by atoms with E-state index in [4.69, 9.17) is 0 Å². The molecule has 2 N–H and O–H groups in total. The molecular weight excluding hydrogens is 370 g/mol. The molecule has 0 radical (unpaired) electrons. The second-order valence-corrected chi connectivity index (χ2v) is 8.75. The Kier molecular flexibility index (Phi) is 5.50. The molecule has 1 fully saturated rings. The van der Waals surface area contributed by atoms with Crippen molar-refractivity contribution in [2.24, 2.45) is 0 Å². The molecule has 2 aliphatic rings. The van der Waals surface area contributed by atoms with Gasteiger partial charge in [0.1, 0.15) is 0 Å². The van der Waals surface area contributed by atoms with Crippen LogP contribution in [-0.4, -0.2) is 16.2 Å². The molecule has 2 aliphatic carbocycles. The van der Waals surface area contributed by atoms with E-state index in [1.54, 1.807) is 0 Å². The van der Waals surface area contributed by atoms with Crippen molar-refractivity contribution < 1.29 is 0 Å². The zero-order valence-corrected chi connectivity index (χ0v) is 17.4. The molecule has 0 aliphatic heterocycles. The van der Waals surface area contributed by atoms with Gasteiger partial charge in [-0.25, -0.2) is 5.10 Å². The summed E-state index contributed by atoms with van der Waals surface area (Å²) in [6.07, 6.45) is 8.83. The van der Waals surface area contributed by atoms with Crippen LogP contribution in [0.4, 0.5) is 0 Å². The molecule has 4 nitrogen and oxygen atoms in total. The molecule has 3 aromatic rings. The lowest BCUT2D eigenvalue weighted by Crippen LogP contribution is -2.34. The van der Waals surface area contributed by atoms with E-state index in [9.17, 15) is 4.79 Å². The zero-order valence-electron chi connectivity index (χ0n) is 17.4. The standard InChI is InChI=1S/C26H29N3O/c30-26-24-13-2-1-12-23(24)25(28-29-26)16-18-6-3-8-20(14-18)21-9-4-7-19(15-21)17-27-22-10-5-11-22/h3-4,6-9,14-15,22,27H,1-2,5,10-13,16-17H2,(H,29,30). The van der Waals surface area contributed by atoms with Crippen molar-refractivity contribution in [3.05, 3.63) is 86.8 Å². The van der Waals surface area contributed by atoms with E-state index in [0.717, 1.165) is 49.9 Å². The number of hydrogen-bond acceptors (Lipinski definition) is 3. The number of rotatable bonds is 6. The predicted molar refractivity (Wildman–Crippen MR) is 121 cm³/mol. The van der Waals surface area contributed by atoms with E-state index in [0.29, 0.717) is 6.04 Å². The number of aromatic nitrogens is 2. The van der Waals surface area contributed by atoms with Crippen LogP contribution in [-0.2, 0) is 25.8 Å². The number of nitrogens with zero attached hydrogens (tertiary/aromatic N) is 1. The average Bonchev–Trinajstić information content (AvgIpc) is 2.75. The van der Waals surface area contributed by atoms with Crippen LogP contribution in [0.1, 0.15) is 60.1 Å². The van der Waals surface area contributed by atoms with E-state index < -0.39 is 0 Å². The molecule has 0 spiro atoms. The van der Waals surface area contributed by atoms with E-state index in [1.165, 1.54) is 47.1 Å². The molecule has 4 heteroatoms. The highest BCUT2D eigenvalue weighted by atomic mass is 16.1. The number of H-pyrrole nitrogens is 1. The fraction of sp³-hybridized carbons (Fsp3) is 0.385. The Hall–Kier alpha value is -2.72. The highest BCUT2D eigenvalue weighted by Gasteiger charge is 2.18. The lowest BCUT2D eigenvalue weighted by Gasteiger charge is -2.26. The van der Waals surface area contributed by atoms with Crippen LogP contribution in [0.5, 0.6) is 0 Å². The van der Waals surface area contributed by atoms with Crippen molar-refractivity contribution >= 4 is 0 Å². The van der Waals surface area contributed by atoms with Crippen LogP contribution in [0, 0.1) is 0 Å². The molecule has 0 saturated heterocycles. The molecule has 1 aromatic heterocycles. The van der Waals surface area contributed by atoms with Gasteiger partial charge in [-0.1, -0.05) is 48.9 Å². The highest BCUT2D eigenvalue weighted by molar-refractivity contribution is 5.65. The molecule has 154 valence electrons. The minimum Gasteiger partial charge on any atom is -0.310 e. The first kappa shape index (κ1) is 19.3. The second kappa shape index (κ2) is 8.57. The maximum Gasteiger partial charge on any atom is 0.267 e. The van der Waals surface area contributed by atoms with Gasteiger partial charge in [-0.3, -0.25) is 4.79 Å². The minimum atomic E-state index is -0.00507. The smallest absolute Gasteiger partial charge is 0.267 e. The van der Waals surface area contributed by atoms with Gasteiger partial charge in [-0.15, -0.1) is 0 Å². The summed E-state index contributed by atoms with van der Waals surface area (Å²) >= 11 is 0. The quantitative estimate of drug-likeness (QED) is 0.639. The van der Waals surface area contributed by atoms with Gasteiger partial charge in [-0.05, 0) is 72.4 Å². The van der Waals surface area contributed by atoms with E-state index in [-0.39, 0.29) is 5.56 Å². The van der Waals surface area contributed by atoms with Crippen LogP contribution in [0.25, 0.3) is 11.1 Å². The number of fused-ring (bicyclic) bond motifs is 1. The minimum absolute atomic E-state index is 0.00507. The van der Waals surface area contributed by atoms with Crippen molar-refractivity contribution in [2.75, 3.05) is 0 Å². The number of nitrogens with one attached hydrogen (secondary N) is 2. The third-order valence-electron chi connectivity index (χ3n) is 6.64. The summed E-state index contributed by atoms with van der Waals surface area (Å²) in [6, 6.07) is 18.3. The normalized spacial score (nSPS) is 16.1. The summed E-state index contributed by atoms with van der Waals surface area (Å²) in [5.41, 5.74) is 8.21. The fourth-order valence-corrected chi connectivity index (χ4v) is 4.66. The first-order chi connectivity index (χ1) is 14.8.